The summed E-state index contributed by atoms with van der Waals surface area (Å²) in [5.74, 6) is -0.227. The van der Waals surface area contributed by atoms with Gasteiger partial charge in [0.25, 0.3) is 0 Å². The molecular formula is C14H15F3N2O. The van der Waals surface area contributed by atoms with Gasteiger partial charge in [0.2, 0.25) is 0 Å². The van der Waals surface area contributed by atoms with E-state index in [0.717, 1.165) is 12.2 Å². The van der Waals surface area contributed by atoms with Crippen LogP contribution in [0.5, 0.6) is 5.75 Å². The van der Waals surface area contributed by atoms with Gasteiger partial charge in [0.05, 0.1) is 12.2 Å². The van der Waals surface area contributed by atoms with Gasteiger partial charge in [-0.25, -0.2) is 0 Å². The summed E-state index contributed by atoms with van der Waals surface area (Å²) in [7, 11) is 0. The number of para-hydroxylation sites is 2. The minimum atomic E-state index is -4.69. The first kappa shape index (κ1) is 14.3. The SMILES string of the molecule is CCn1cccc1CNc1ccccc1OC(F)(F)F. The molecule has 0 saturated carbocycles. The van der Waals surface area contributed by atoms with Gasteiger partial charge < -0.3 is 14.6 Å². The van der Waals surface area contributed by atoms with Crippen molar-refractivity contribution in [2.45, 2.75) is 26.4 Å². The number of anilines is 1. The molecule has 1 aromatic carbocycles. The predicted octanol–water partition coefficient (Wildman–Crippen LogP) is 4.02. The Kier molecular flexibility index (Phi) is 4.22. The van der Waals surface area contributed by atoms with Crippen LogP contribution in [0.2, 0.25) is 0 Å². The summed E-state index contributed by atoms with van der Waals surface area (Å²) >= 11 is 0. The van der Waals surface area contributed by atoms with E-state index in [1.807, 2.05) is 29.8 Å². The monoisotopic (exact) mass is 284 g/mol. The van der Waals surface area contributed by atoms with Gasteiger partial charge in [-0.05, 0) is 31.2 Å². The lowest BCUT2D eigenvalue weighted by Crippen LogP contribution is -2.18. The van der Waals surface area contributed by atoms with Gasteiger partial charge in [-0.15, -0.1) is 13.2 Å². The molecule has 0 unspecified atom stereocenters. The molecule has 0 bridgehead atoms. The van der Waals surface area contributed by atoms with Crippen LogP contribution in [0.25, 0.3) is 0 Å². The molecule has 2 rings (SSSR count). The zero-order valence-electron chi connectivity index (χ0n) is 10.9. The molecule has 1 aromatic heterocycles. The van der Waals surface area contributed by atoms with Crippen molar-refractivity contribution in [1.29, 1.82) is 0 Å². The number of hydrogen-bond donors (Lipinski definition) is 1. The van der Waals surface area contributed by atoms with Gasteiger partial charge in [-0.3, -0.25) is 0 Å². The zero-order valence-corrected chi connectivity index (χ0v) is 10.9. The highest BCUT2D eigenvalue weighted by Gasteiger charge is 2.32. The molecule has 1 N–H and O–H groups in total. The van der Waals surface area contributed by atoms with Crippen LogP contribution in [0.15, 0.2) is 42.6 Å². The second-order valence-corrected chi connectivity index (χ2v) is 4.18. The van der Waals surface area contributed by atoms with Crippen molar-refractivity contribution in [3.05, 3.63) is 48.3 Å². The van der Waals surface area contributed by atoms with E-state index in [1.54, 1.807) is 12.1 Å². The maximum absolute atomic E-state index is 12.3. The van der Waals surface area contributed by atoms with E-state index in [2.05, 4.69) is 10.1 Å². The first-order valence-electron chi connectivity index (χ1n) is 6.22. The number of nitrogens with zero attached hydrogens (tertiary/aromatic N) is 1. The number of aryl methyl sites for hydroxylation is 1. The molecular weight excluding hydrogens is 269 g/mol. The fourth-order valence-corrected chi connectivity index (χ4v) is 1.93. The smallest absolute Gasteiger partial charge is 0.404 e. The maximum Gasteiger partial charge on any atom is 0.573 e. The summed E-state index contributed by atoms with van der Waals surface area (Å²) in [6.07, 6.45) is -2.77. The Labute approximate surface area is 115 Å². The van der Waals surface area contributed by atoms with Crippen molar-refractivity contribution in [1.82, 2.24) is 4.57 Å². The summed E-state index contributed by atoms with van der Waals surface area (Å²) in [6, 6.07) is 9.82. The van der Waals surface area contributed by atoms with E-state index in [4.69, 9.17) is 0 Å². The lowest BCUT2D eigenvalue weighted by Gasteiger charge is -2.15. The fraction of sp³-hybridized carbons (Fsp3) is 0.286. The van der Waals surface area contributed by atoms with Gasteiger partial charge in [-0.2, -0.15) is 0 Å². The Bertz CT molecular complexity index is 564. The van der Waals surface area contributed by atoms with E-state index in [9.17, 15) is 13.2 Å². The highest BCUT2D eigenvalue weighted by molar-refractivity contribution is 5.56. The first-order valence-corrected chi connectivity index (χ1v) is 6.22. The Morgan fingerprint density at radius 2 is 1.90 bits per heavy atom. The van der Waals surface area contributed by atoms with Crippen molar-refractivity contribution >= 4 is 5.69 Å². The lowest BCUT2D eigenvalue weighted by molar-refractivity contribution is -0.274. The van der Waals surface area contributed by atoms with Crippen LogP contribution in [-0.4, -0.2) is 10.9 Å². The van der Waals surface area contributed by atoms with Gasteiger partial charge in [-0.1, -0.05) is 12.1 Å². The minimum Gasteiger partial charge on any atom is -0.404 e. The number of nitrogens with one attached hydrogen (secondary N) is 1. The highest BCUT2D eigenvalue weighted by Crippen LogP contribution is 2.30. The molecule has 0 atom stereocenters. The van der Waals surface area contributed by atoms with Crippen LogP contribution < -0.4 is 10.1 Å². The van der Waals surface area contributed by atoms with E-state index in [0.29, 0.717) is 12.2 Å². The van der Waals surface area contributed by atoms with Crippen molar-refractivity contribution < 1.29 is 17.9 Å². The van der Waals surface area contributed by atoms with Crippen molar-refractivity contribution in [2.24, 2.45) is 0 Å². The Balaban J connectivity index is 2.10. The van der Waals surface area contributed by atoms with Crippen molar-refractivity contribution in [3.8, 4) is 5.75 Å². The molecule has 2 aromatic rings. The number of alkyl halides is 3. The van der Waals surface area contributed by atoms with Crippen molar-refractivity contribution in [3.63, 3.8) is 0 Å². The summed E-state index contributed by atoms with van der Waals surface area (Å²) in [6.45, 7) is 3.24. The van der Waals surface area contributed by atoms with E-state index in [-0.39, 0.29) is 5.75 Å². The molecule has 1 heterocycles. The Morgan fingerprint density at radius 3 is 2.60 bits per heavy atom. The average Bonchev–Trinajstić information content (AvgIpc) is 2.83. The van der Waals surface area contributed by atoms with E-state index in [1.165, 1.54) is 12.1 Å². The van der Waals surface area contributed by atoms with Gasteiger partial charge in [0.1, 0.15) is 0 Å². The number of hydrogen-bond acceptors (Lipinski definition) is 2. The molecule has 3 nitrogen and oxygen atoms in total. The molecule has 0 fully saturated rings. The maximum atomic E-state index is 12.3. The molecule has 0 spiro atoms. The second-order valence-electron chi connectivity index (χ2n) is 4.18. The fourth-order valence-electron chi connectivity index (χ4n) is 1.93. The molecule has 0 saturated heterocycles. The molecule has 6 heteroatoms. The van der Waals surface area contributed by atoms with Crippen LogP contribution >= 0.6 is 0 Å². The number of rotatable bonds is 5. The van der Waals surface area contributed by atoms with Gasteiger partial charge >= 0.3 is 6.36 Å². The van der Waals surface area contributed by atoms with Crippen LogP contribution in [0.4, 0.5) is 18.9 Å². The number of halogens is 3. The lowest BCUT2D eigenvalue weighted by atomic mass is 10.3. The van der Waals surface area contributed by atoms with Crippen LogP contribution in [0, 0.1) is 0 Å². The first-order chi connectivity index (χ1) is 9.49. The number of benzene rings is 1. The average molecular weight is 284 g/mol. The normalized spacial score (nSPS) is 11.4. The number of ether oxygens (including phenoxy) is 1. The quantitative estimate of drug-likeness (QED) is 0.897. The topological polar surface area (TPSA) is 26.2 Å². The molecule has 0 aliphatic rings. The van der Waals surface area contributed by atoms with Crippen LogP contribution in [-0.2, 0) is 13.1 Å². The Morgan fingerprint density at radius 1 is 1.15 bits per heavy atom. The van der Waals surface area contributed by atoms with Crippen molar-refractivity contribution in [2.75, 3.05) is 5.32 Å². The molecule has 108 valence electrons. The van der Waals surface area contributed by atoms with Gasteiger partial charge in [0.15, 0.2) is 5.75 Å². The van der Waals surface area contributed by atoms with E-state index < -0.39 is 6.36 Å². The minimum absolute atomic E-state index is 0.227. The predicted molar refractivity (Wildman–Crippen MR) is 70.6 cm³/mol. The zero-order chi connectivity index (χ0) is 14.6. The molecule has 0 amide bonds. The highest BCUT2D eigenvalue weighted by atomic mass is 19.4. The largest absolute Gasteiger partial charge is 0.573 e. The van der Waals surface area contributed by atoms with E-state index >= 15 is 0 Å². The third-order valence-electron chi connectivity index (χ3n) is 2.84. The molecule has 0 radical (unpaired) electrons. The van der Waals surface area contributed by atoms with Crippen LogP contribution in [0.3, 0.4) is 0 Å². The standard InChI is InChI=1S/C14H15F3N2O/c1-2-19-9-5-6-11(19)10-18-12-7-3-4-8-13(12)20-14(15,16)17/h3-9,18H,2,10H2,1H3. The summed E-state index contributed by atoms with van der Waals surface area (Å²) in [5, 5.41) is 2.97. The summed E-state index contributed by atoms with van der Waals surface area (Å²) < 4.78 is 42.9. The molecule has 0 aliphatic heterocycles. The van der Waals surface area contributed by atoms with Crippen LogP contribution in [0.1, 0.15) is 12.6 Å². The Hall–Kier alpha value is -2.11. The second kappa shape index (κ2) is 5.90. The number of aromatic nitrogens is 1. The third kappa shape index (κ3) is 3.69. The summed E-state index contributed by atoms with van der Waals surface area (Å²) in [4.78, 5) is 0. The third-order valence-corrected chi connectivity index (χ3v) is 2.84. The summed E-state index contributed by atoms with van der Waals surface area (Å²) in [5.41, 5.74) is 1.31. The molecule has 20 heavy (non-hydrogen) atoms. The molecule has 0 aliphatic carbocycles. The van der Waals surface area contributed by atoms with Gasteiger partial charge in [0, 0.05) is 18.4 Å².